The minimum atomic E-state index is 0.620. The number of nitrogens with zero attached hydrogens (tertiary/aromatic N) is 2. The third-order valence-electron chi connectivity index (χ3n) is 2.67. The van der Waals surface area contributed by atoms with E-state index in [9.17, 15) is 0 Å². The smallest absolute Gasteiger partial charge is 0.0729 e. The number of rotatable bonds is 3. The van der Waals surface area contributed by atoms with E-state index >= 15 is 0 Å². The molecule has 1 aromatic heterocycles. The quantitative estimate of drug-likeness (QED) is 0.830. The number of hydrogen-bond donors (Lipinski definition) is 1. The summed E-state index contributed by atoms with van der Waals surface area (Å²) in [4.78, 5) is 0. The molecule has 1 saturated heterocycles. The van der Waals surface area contributed by atoms with Gasteiger partial charge in [0.25, 0.3) is 0 Å². The van der Waals surface area contributed by atoms with Crippen LogP contribution in [0.5, 0.6) is 0 Å². The van der Waals surface area contributed by atoms with Crippen molar-refractivity contribution in [1.82, 2.24) is 9.78 Å². The third-order valence-corrected chi connectivity index (χ3v) is 4.03. The number of aryl methyl sites for hydroxylation is 1. The van der Waals surface area contributed by atoms with E-state index in [1.54, 1.807) is 0 Å². The Hall–Kier alpha value is -0.640. The van der Waals surface area contributed by atoms with E-state index in [4.69, 9.17) is 0 Å². The summed E-state index contributed by atoms with van der Waals surface area (Å²) in [6.45, 7) is 5.35. The minimum Gasteiger partial charge on any atom is -0.379 e. The highest BCUT2D eigenvalue weighted by Gasteiger charge is 2.23. The van der Waals surface area contributed by atoms with Crippen molar-refractivity contribution in [2.45, 2.75) is 26.4 Å². The summed E-state index contributed by atoms with van der Waals surface area (Å²) in [6.07, 6.45) is 3.99. The second-order valence-corrected chi connectivity index (χ2v) is 4.93. The van der Waals surface area contributed by atoms with E-state index in [1.807, 2.05) is 22.6 Å². The van der Waals surface area contributed by atoms with Crippen LogP contribution in [0.4, 0.5) is 5.69 Å². The van der Waals surface area contributed by atoms with Crippen molar-refractivity contribution in [3.8, 4) is 0 Å². The maximum atomic E-state index is 4.25. The largest absolute Gasteiger partial charge is 0.379 e. The number of hydrogen-bond acceptors (Lipinski definition) is 3. The van der Waals surface area contributed by atoms with Crippen LogP contribution in [0.25, 0.3) is 0 Å². The van der Waals surface area contributed by atoms with Gasteiger partial charge in [-0.05, 0) is 18.6 Å². The van der Waals surface area contributed by atoms with Crippen molar-refractivity contribution in [3.05, 3.63) is 12.4 Å². The van der Waals surface area contributed by atoms with Crippen molar-refractivity contribution in [1.29, 1.82) is 0 Å². The Morgan fingerprint density at radius 2 is 2.50 bits per heavy atom. The normalized spacial score (nSPS) is 26.7. The Labute approximate surface area is 89.3 Å². The molecule has 0 radical (unpaired) electrons. The van der Waals surface area contributed by atoms with Crippen molar-refractivity contribution in [2.75, 3.05) is 16.8 Å². The lowest BCUT2D eigenvalue weighted by atomic mass is 10.1. The molecule has 2 rings (SSSR count). The predicted octanol–water partition coefficient (Wildman–Crippen LogP) is 2.07. The molecule has 14 heavy (non-hydrogen) atoms. The molecule has 1 N–H and O–H groups in total. The van der Waals surface area contributed by atoms with E-state index in [1.165, 1.54) is 11.5 Å². The van der Waals surface area contributed by atoms with Gasteiger partial charge in [0.05, 0.1) is 11.9 Å². The van der Waals surface area contributed by atoms with Crippen LogP contribution in [0.15, 0.2) is 12.4 Å². The zero-order valence-electron chi connectivity index (χ0n) is 8.73. The molecule has 0 aromatic carbocycles. The fourth-order valence-electron chi connectivity index (χ4n) is 1.67. The molecular formula is C10H17N3S. The summed E-state index contributed by atoms with van der Waals surface area (Å²) in [6, 6.07) is 0.620. The van der Waals surface area contributed by atoms with E-state index in [0.29, 0.717) is 6.04 Å². The summed E-state index contributed by atoms with van der Waals surface area (Å²) in [7, 11) is 0. The predicted molar refractivity (Wildman–Crippen MR) is 61.8 cm³/mol. The van der Waals surface area contributed by atoms with Gasteiger partial charge in [0, 0.05) is 24.5 Å². The van der Waals surface area contributed by atoms with Gasteiger partial charge in [0.15, 0.2) is 0 Å². The maximum Gasteiger partial charge on any atom is 0.0729 e. The van der Waals surface area contributed by atoms with Gasteiger partial charge in [-0.25, -0.2) is 0 Å². The molecule has 0 bridgehead atoms. The standard InChI is InChI=1S/C10H17N3S/c1-3-13-5-9(4-11-13)12-10-7-14-6-8(10)2/h4-5,8,10,12H,3,6-7H2,1-2H3. The van der Waals surface area contributed by atoms with Gasteiger partial charge in [0.2, 0.25) is 0 Å². The molecule has 78 valence electrons. The topological polar surface area (TPSA) is 29.9 Å². The summed E-state index contributed by atoms with van der Waals surface area (Å²) < 4.78 is 1.95. The van der Waals surface area contributed by atoms with Crippen molar-refractivity contribution < 1.29 is 0 Å². The van der Waals surface area contributed by atoms with E-state index < -0.39 is 0 Å². The van der Waals surface area contributed by atoms with Crippen LogP contribution in [0.2, 0.25) is 0 Å². The van der Waals surface area contributed by atoms with Crippen LogP contribution in [0.3, 0.4) is 0 Å². The highest BCUT2D eigenvalue weighted by molar-refractivity contribution is 7.99. The molecule has 3 nitrogen and oxygen atoms in total. The van der Waals surface area contributed by atoms with E-state index in [2.05, 4.69) is 30.5 Å². The summed E-state index contributed by atoms with van der Waals surface area (Å²) in [5, 5.41) is 7.79. The summed E-state index contributed by atoms with van der Waals surface area (Å²) >= 11 is 2.03. The lowest BCUT2D eigenvalue weighted by Crippen LogP contribution is -2.25. The van der Waals surface area contributed by atoms with Gasteiger partial charge < -0.3 is 5.32 Å². The number of aromatic nitrogens is 2. The van der Waals surface area contributed by atoms with Crippen LogP contribution >= 0.6 is 11.8 Å². The first-order valence-corrected chi connectivity index (χ1v) is 6.31. The molecule has 0 amide bonds. The zero-order valence-corrected chi connectivity index (χ0v) is 9.55. The Kier molecular flexibility index (Phi) is 3.01. The molecule has 0 saturated carbocycles. The number of anilines is 1. The van der Waals surface area contributed by atoms with E-state index in [0.717, 1.165) is 18.2 Å². The van der Waals surface area contributed by atoms with Gasteiger partial charge >= 0.3 is 0 Å². The Morgan fingerprint density at radius 1 is 1.64 bits per heavy atom. The van der Waals surface area contributed by atoms with Crippen LogP contribution < -0.4 is 5.32 Å². The Bertz CT molecular complexity index is 297. The second kappa shape index (κ2) is 4.26. The molecular weight excluding hydrogens is 194 g/mol. The van der Waals surface area contributed by atoms with Crippen LogP contribution in [-0.4, -0.2) is 27.3 Å². The highest BCUT2D eigenvalue weighted by atomic mass is 32.2. The highest BCUT2D eigenvalue weighted by Crippen LogP contribution is 2.26. The average molecular weight is 211 g/mol. The first-order chi connectivity index (χ1) is 6.79. The summed E-state index contributed by atoms with van der Waals surface area (Å²) in [5.41, 5.74) is 1.16. The molecule has 1 fully saturated rings. The van der Waals surface area contributed by atoms with Gasteiger partial charge in [-0.2, -0.15) is 16.9 Å². The maximum absolute atomic E-state index is 4.25. The van der Waals surface area contributed by atoms with Gasteiger partial charge in [-0.1, -0.05) is 6.92 Å². The zero-order chi connectivity index (χ0) is 9.97. The first kappa shape index (κ1) is 9.90. The fourth-order valence-corrected chi connectivity index (χ4v) is 3.08. The first-order valence-electron chi connectivity index (χ1n) is 5.16. The lowest BCUT2D eigenvalue weighted by molar-refractivity contribution is 0.599. The molecule has 1 aliphatic rings. The SMILES string of the molecule is CCn1cc(NC2CSCC2C)cn1. The molecule has 1 aliphatic heterocycles. The van der Waals surface area contributed by atoms with Crippen molar-refractivity contribution in [3.63, 3.8) is 0 Å². The molecule has 0 aliphatic carbocycles. The molecule has 4 heteroatoms. The molecule has 1 aromatic rings. The van der Waals surface area contributed by atoms with Crippen LogP contribution in [0, 0.1) is 5.92 Å². The third kappa shape index (κ3) is 2.05. The van der Waals surface area contributed by atoms with Gasteiger partial charge in [-0.15, -0.1) is 0 Å². The number of nitrogens with one attached hydrogen (secondary N) is 1. The average Bonchev–Trinajstić information content (AvgIpc) is 2.77. The summed E-state index contributed by atoms with van der Waals surface area (Å²) in [5.74, 6) is 3.27. The van der Waals surface area contributed by atoms with Crippen LogP contribution in [-0.2, 0) is 6.54 Å². The Balaban J connectivity index is 1.96. The molecule has 0 spiro atoms. The van der Waals surface area contributed by atoms with Crippen molar-refractivity contribution in [2.24, 2.45) is 5.92 Å². The number of thioether (sulfide) groups is 1. The lowest BCUT2D eigenvalue weighted by Gasteiger charge is -2.15. The van der Waals surface area contributed by atoms with Gasteiger partial charge in [-0.3, -0.25) is 4.68 Å². The molecule has 2 atom stereocenters. The van der Waals surface area contributed by atoms with Crippen LogP contribution in [0.1, 0.15) is 13.8 Å². The second-order valence-electron chi connectivity index (χ2n) is 3.85. The monoisotopic (exact) mass is 211 g/mol. The van der Waals surface area contributed by atoms with E-state index in [-0.39, 0.29) is 0 Å². The van der Waals surface area contributed by atoms with Crippen molar-refractivity contribution >= 4 is 17.4 Å². The minimum absolute atomic E-state index is 0.620. The fraction of sp³-hybridized carbons (Fsp3) is 0.700. The molecule has 2 heterocycles. The molecule has 2 unspecified atom stereocenters. The Morgan fingerprint density at radius 3 is 3.07 bits per heavy atom. The van der Waals surface area contributed by atoms with Gasteiger partial charge in [0.1, 0.15) is 0 Å².